The first-order valence-electron chi connectivity index (χ1n) is 19.7. The number of hydrogen-bond acceptors (Lipinski definition) is 9. The molecule has 0 aromatic heterocycles. The second-order valence-corrected chi connectivity index (χ2v) is 17.9. The smallest absolute Gasteiger partial charge is 0.262 e. The fourth-order valence-corrected chi connectivity index (χ4v) is 10.3. The number of likely N-dealkylation sites (tertiary alicyclic amines) is 2. The fourth-order valence-electron chi connectivity index (χ4n) is 10.1. The molecule has 1 N–H and O–H groups in total. The van der Waals surface area contributed by atoms with Gasteiger partial charge in [0, 0.05) is 80.4 Å². The van der Waals surface area contributed by atoms with Gasteiger partial charge in [0.25, 0.3) is 23.6 Å². The highest BCUT2D eigenvalue weighted by molar-refractivity contribution is 6.31. The van der Waals surface area contributed by atoms with E-state index < -0.39 is 23.8 Å². The Balaban J connectivity index is 0.822. The number of imide groups is 2. The molecule has 4 aliphatic heterocycles. The van der Waals surface area contributed by atoms with Crippen LogP contribution in [-0.4, -0.2) is 94.0 Å². The molecule has 3 aromatic carbocycles. The highest BCUT2D eigenvalue weighted by Gasteiger charge is 2.63. The van der Waals surface area contributed by atoms with Gasteiger partial charge in [0.15, 0.2) is 0 Å². The zero-order valence-corrected chi connectivity index (χ0v) is 33.7. The summed E-state index contributed by atoms with van der Waals surface area (Å²) in [5.74, 6) is -0.706. The first-order valence-corrected chi connectivity index (χ1v) is 20.0. The summed E-state index contributed by atoms with van der Waals surface area (Å²) in [6.07, 6.45) is 1.93. The van der Waals surface area contributed by atoms with Crippen molar-refractivity contribution in [1.29, 1.82) is 5.26 Å². The molecular formula is C44H47ClN6O6. The number of piperidine rings is 2. The van der Waals surface area contributed by atoms with Crippen molar-refractivity contribution in [3.8, 4) is 11.8 Å². The van der Waals surface area contributed by atoms with Crippen molar-refractivity contribution in [2.45, 2.75) is 84.7 Å². The van der Waals surface area contributed by atoms with E-state index in [1.807, 2.05) is 41.3 Å². The average Bonchev–Trinajstić information content (AvgIpc) is 3.69. The van der Waals surface area contributed by atoms with Crippen LogP contribution in [0.2, 0.25) is 5.02 Å². The quantitative estimate of drug-likeness (QED) is 0.267. The van der Waals surface area contributed by atoms with E-state index in [0.29, 0.717) is 65.1 Å². The SMILES string of the molecule is CN1C(=O)CCC(N2C(=O)c3cc4c(cc3C2=O)CN(CC2CCN(C(=O)c3ccc(NC5C(C)(C)C(Oc6ccc(C#N)c(Cl)c6)C5(C)C)cc3)CC2)C4)C1=O. The number of nitriles is 1. The molecule has 0 spiro atoms. The number of nitrogens with zero attached hydrogens (tertiary/aromatic N) is 5. The molecular weight excluding hydrogens is 744 g/mol. The molecule has 8 rings (SSSR count). The molecule has 1 atom stereocenters. The van der Waals surface area contributed by atoms with Crippen molar-refractivity contribution in [2.75, 3.05) is 32.0 Å². The normalized spacial score (nSPS) is 24.2. The van der Waals surface area contributed by atoms with Gasteiger partial charge in [-0.15, -0.1) is 0 Å². The Morgan fingerprint density at radius 1 is 0.895 bits per heavy atom. The predicted octanol–water partition coefficient (Wildman–Crippen LogP) is 6.12. The Hall–Kier alpha value is -5.25. The second-order valence-electron chi connectivity index (χ2n) is 17.4. The van der Waals surface area contributed by atoms with E-state index in [4.69, 9.17) is 16.3 Å². The molecule has 13 heteroatoms. The number of carbonyl (C=O) groups is 5. The molecule has 5 amide bonds. The second kappa shape index (κ2) is 14.3. The molecule has 0 bridgehead atoms. The van der Waals surface area contributed by atoms with E-state index >= 15 is 0 Å². The van der Waals surface area contributed by atoms with Gasteiger partial charge < -0.3 is 15.0 Å². The van der Waals surface area contributed by atoms with Crippen LogP contribution in [0, 0.1) is 28.1 Å². The Bertz CT molecular complexity index is 2180. The largest absolute Gasteiger partial charge is 0.489 e. The average molecular weight is 791 g/mol. The van der Waals surface area contributed by atoms with Crippen LogP contribution < -0.4 is 10.1 Å². The van der Waals surface area contributed by atoms with Gasteiger partial charge in [-0.05, 0) is 84.8 Å². The lowest BCUT2D eigenvalue weighted by atomic mass is 9.49. The summed E-state index contributed by atoms with van der Waals surface area (Å²) in [6, 6.07) is 17.7. The van der Waals surface area contributed by atoms with Crippen LogP contribution >= 0.6 is 11.6 Å². The summed E-state index contributed by atoms with van der Waals surface area (Å²) in [5, 5.41) is 13.3. The van der Waals surface area contributed by atoms with Crippen molar-refractivity contribution in [3.05, 3.63) is 93.0 Å². The number of hydrogen-bond donors (Lipinski definition) is 1. The Morgan fingerprint density at radius 3 is 2.09 bits per heavy atom. The monoisotopic (exact) mass is 790 g/mol. The minimum Gasteiger partial charge on any atom is -0.489 e. The Labute approximate surface area is 337 Å². The molecule has 12 nitrogen and oxygen atoms in total. The first kappa shape index (κ1) is 38.6. The zero-order valence-electron chi connectivity index (χ0n) is 32.9. The lowest BCUT2D eigenvalue weighted by molar-refractivity contribution is -0.149. The van der Waals surface area contributed by atoms with E-state index in [0.717, 1.165) is 46.0 Å². The topological polar surface area (TPSA) is 143 Å². The van der Waals surface area contributed by atoms with Crippen molar-refractivity contribution >= 4 is 46.8 Å². The molecule has 0 radical (unpaired) electrons. The molecule has 2 saturated heterocycles. The van der Waals surface area contributed by atoms with Crippen LogP contribution in [0.25, 0.3) is 0 Å². The van der Waals surface area contributed by atoms with Gasteiger partial charge in [-0.1, -0.05) is 39.3 Å². The summed E-state index contributed by atoms with van der Waals surface area (Å²) in [7, 11) is 1.39. The number of halogens is 1. The predicted molar refractivity (Wildman–Crippen MR) is 212 cm³/mol. The minimum atomic E-state index is -0.961. The zero-order chi connectivity index (χ0) is 40.6. The fraction of sp³-hybridized carbons (Fsp3) is 0.455. The van der Waals surface area contributed by atoms with Crippen molar-refractivity contribution in [2.24, 2.45) is 16.7 Å². The number of nitrogens with one attached hydrogen (secondary N) is 1. The van der Waals surface area contributed by atoms with Gasteiger partial charge in [0.2, 0.25) is 5.91 Å². The lowest BCUT2D eigenvalue weighted by Crippen LogP contribution is -2.72. The van der Waals surface area contributed by atoms with Crippen LogP contribution in [0.1, 0.15) is 101 Å². The molecule has 3 fully saturated rings. The molecule has 1 saturated carbocycles. The van der Waals surface area contributed by atoms with Crippen molar-refractivity contribution in [3.63, 3.8) is 0 Å². The Kier molecular flexibility index (Phi) is 9.68. The van der Waals surface area contributed by atoms with Crippen molar-refractivity contribution in [1.82, 2.24) is 19.6 Å². The number of benzene rings is 3. The lowest BCUT2D eigenvalue weighted by Gasteiger charge is -2.63. The number of rotatable bonds is 8. The first-order chi connectivity index (χ1) is 27.1. The third-order valence-electron chi connectivity index (χ3n) is 13.0. The number of amides is 5. The summed E-state index contributed by atoms with van der Waals surface area (Å²) in [5.41, 5.74) is 4.23. The molecule has 57 heavy (non-hydrogen) atoms. The van der Waals surface area contributed by atoms with Gasteiger partial charge in [-0.25, -0.2) is 0 Å². The molecule has 296 valence electrons. The molecule has 5 aliphatic rings. The summed E-state index contributed by atoms with van der Waals surface area (Å²) in [4.78, 5) is 71.5. The van der Waals surface area contributed by atoms with Crippen LogP contribution in [0.5, 0.6) is 5.75 Å². The highest BCUT2D eigenvalue weighted by atomic mass is 35.5. The van der Waals surface area contributed by atoms with Crippen molar-refractivity contribution < 1.29 is 28.7 Å². The number of fused-ring (bicyclic) bond motifs is 2. The van der Waals surface area contributed by atoms with E-state index in [1.165, 1.54) is 7.05 Å². The molecule has 1 unspecified atom stereocenters. The van der Waals surface area contributed by atoms with Gasteiger partial charge in [-0.2, -0.15) is 5.26 Å². The van der Waals surface area contributed by atoms with Gasteiger partial charge >= 0.3 is 0 Å². The number of carbonyl (C=O) groups excluding carboxylic acids is 5. The van der Waals surface area contributed by atoms with Crippen LogP contribution in [-0.2, 0) is 22.7 Å². The third kappa shape index (κ3) is 6.64. The maximum absolute atomic E-state index is 13.6. The van der Waals surface area contributed by atoms with E-state index in [-0.39, 0.29) is 47.6 Å². The van der Waals surface area contributed by atoms with Gasteiger partial charge in [-0.3, -0.25) is 38.7 Å². The number of anilines is 1. The number of likely N-dealkylation sites (N-methyl/N-ethyl adjacent to an activating group) is 1. The summed E-state index contributed by atoms with van der Waals surface area (Å²) in [6.45, 7) is 12.2. The summed E-state index contributed by atoms with van der Waals surface area (Å²) < 4.78 is 6.43. The molecule has 3 aromatic rings. The van der Waals surface area contributed by atoms with Gasteiger partial charge in [0.1, 0.15) is 24.0 Å². The van der Waals surface area contributed by atoms with E-state index in [1.54, 1.807) is 18.2 Å². The maximum Gasteiger partial charge on any atom is 0.262 e. The van der Waals surface area contributed by atoms with E-state index in [2.05, 4.69) is 44.0 Å². The maximum atomic E-state index is 13.6. The number of ether oxygens (including phenoxy) is 1. The van der Waals surface area contributed by atoms with Crippen LogP contribution in [0.15, 0.2) is 54.6 Å². The summed E-state index contributed by atoms with van der Waals surface area (Å²) >= 11 is 6.26. The minimum absolute atomic E-state index is 0.0264. The van der Waals surface area contributed by atoms with Crippen LogP contribution in [0.4, 0.5) is 5.69 Å². The Morgan fingerprint density at radius 2 is 1.51 bits per heavy atom. The van der Waals surface area contributed by atoms with Gasteiger partial charge in [0.05, 0.1) is 21.7 Å². The highest BCUT2D eigenvalue weighted by Crippen LogP contribution is 2.56. The molecule has 1 aliphatic carbocycles. The standard InChI is InChI=1S/C44H47ClN6O6/c1-43(2)41(44(3,4)42(43)57-31-11-8-27(21-46)34(45)20-31)47-30-9-6-26(7-10-30)37(53)50-16-14-25(15-17-50)22-49-23-28-18-32-33(19-29(28)24-49)39(55)51(38(32)54)35-12-13-36(52)48(5)40(35)56/h6-11,18-20,25,35,41-42,47H,12-17,22-24H2,1-5H3. The molecule has 4 heterocycles. The van der Waals surface area contributed by atoms with E-state index in [9.17, 15) is 29.2 Å². The third-order valence-corrected chi connectivity index (χ3v) is 13.3. The van der Waals surface area contributed by atoms with Crippen LogP contribution in [0.3, 0.4) is 0 Å².